The van der Waals surface area contributed by atoms with Crippen LogP contribution >= 0.6 is 22.6 Å². The highest BCUT2D eigenvalue weighted by Crippen LogP contribution is 2.28. The van der Waals surface area contributed by atoms with E-state index >= 15 is 0 Å². The van der Waals surface area contributed by atoms with E-state index in [0.717, 1.165) is 29.3 Å². The second-order valence-corrected chi connectivity index (χ2v) is 5.90. The van der Waals surface area contributed by atoms with Crippen molar-refractivity contribution >= 4 is 28.6 Å². The number of benzene rings is 1. The first kappa shape index (κ1) is 14.4. The molecule has 0 aliphatic heterocycles. The number of esters is 1. The topological polar surface area (TPSA) is 35.5 Å². The van der Waals surface area contributed by atoms with E-state index in [1.54, 1.807) is 0 Å². The van der Waals surface area contributed by atoms with Crippen molar-refractivity contribution < 1.29 is 14.3 Å². The molecule has 0 amide bonds. The number of halogens is 1. The molecule has 0 spiro atoms. The summed E-state index contributed by atoms with van der Waals surface area (Å²) < 4.78 is 11.9. The molecule has 0 atom stereocenters. The third-order valence-corrected chi connectivity index (χ3v) is 4.05. The monoisotopic (exact) mass is 372 g/mol. The molecule has 0 bridgehead atoms. The van der Waals surface area contributed by atoms with E-state index in [1.165, 1.54) is 6.26 Å². The predicted molar refractivity (Wildman–Crippen MR) is 81.8 cm³/mol. The van der Waals surface area contributed by atoms with Gasteiger partial charge in [0.2, 0.25) is 0 Å². The molecule has 0 aromatic heterocycles. The minimum Gasteiger partial charge on any atom is -0.499 e. The van der Waals surface area contributed by atoms with Gasteiger partial charge in [0.15, 0.2) is 0 Å². The van der Waals surface area contributed by atoms with E-state index in [-0.39, 0.29) is 18.0 Å². The van der Waals surface area contributed by atoms with Gasteiger partial charge in [-0.2, -0.15) is 0 Å². The molecule has 1 aliphatic rings. The average Bonchev–Trinajstić information content (AvgIpc) is 2.42. The summed E-state index contributed by atoms with van der Waals surface area (Å²) in [5.74, 6) is 0.483. The Hall–Kier alpha value is -1.04. The Morgan fingerprint density at radius 3 is 2.42 bits per heavy atom. The lowest BCUT2D eigenvalue weighted by Gasteiger charge is -2.26. The molecule has 0 N–H and O–H groups in total. The maximum Gasteiger partial charge on any atom is 0.314 e. The van der Waals surface area contributed by atoms with Gasteiger partial charge in [0, 0.05) is 3.57 Å². The minimum atomic E-state index is -0.127. The van der Waals surface area contributed by atoms with Crippen molar-refractivity contribution in [2.75, 3.05) is 0 Å². The molecule has 0 unspecified atom stereocenters. The molecule has 0 radical (unpaired) electrons. The maximum atomic E-state index is 12.0. The summed E-state index contributed by atoms with van der Waals surface area (Å²) in [5, 5.41) is 0. The fourth-order valence-corrected chi connectivity index (χ4v) is 2.63. The zero-order chi connectivity index (χ0) is 13.7. The van der Waals surface area contributed by atoms with Gasteiger partial charge in [-0.15, -0.1) is 0 Å². The molecule has 0 heterocycles. The normalized spacial score (nSPS) is 22.6. The molecule has 1 aromatic rings. The first-order valence-electron chi connectivity index (χ1n) is 6.42. The lowest BCUT2D eigenvalue weighted by Crippen LogP contribution is -2.28. The summed E-state index contributed by atoms with van der Waals surface area (Å²) >= 11 is 2.22. The highest BCUT2D eigenvalue weighted by molar-refractivity contribution is 14.1. The van der Waals surface area contributed by atoms with Gasteiger partial charge in [0.1, 0.15) is 5.75 Å². The van der Waals surface area contributed by atoms with Crippen molar-refractivity contribution in [3.63, 3.8) is 0 Å². The van der Waals surface area contributed by atoms with Crippen molar-refractivity contribution in [3.8, 4) is 5.75 Å². The Balaban J connectivity index is 1.84. The molecule has 1 aromatic carbocycles. The van der Waals surface area contributed by atoms with E-state index in [1.807, 2.05) is 24.3 Å². The first-order chi connectivity index (χ1) is 9.19. The molecule has 1 aliphatic carbocycles. The van der Waals surface area contributed by atoms with Crippen molar-refractivity contribution in [2.45, 2.75) is 31.8 Å². The highest BCUT2D eigenvalue weighted by atomic mass is 127. The van der Waals surface area contributed by atoms with Crippen LogP contribution in [0.2, 0.25) is 0 Å². The van der Waals surface area contributed by atoms with Gasteiger partial charge in [-0.05, 0) is 72.5 Å². The maximum absolute atomic E-state index is 12.0. The Labute approximate surface area is 127 Å². The third-order valence-electron chi connectivity index (χ3n) is 3.33. The molecule has 1 saturated carbocycles. The zero-order valence-electron chi connectivity index (χ0n) is 10.7. The Morgan fingerprint density at radius 2 is 1.84 bits per heavy atom. The van der Waals surface area contributed by atoms with Crippen LogP contribution in [0.4, 0.5) is 0 Å². The van der Waals surface area contributed by atoms with Crippen molar-refractivity contribution in [1.82, 2.24) is 0 Å². The van der Waals surface area contributed by atoms with Gasteiger partial charge >= 0.3 is 5.97 Å². The predicted octanol–water partition coefficient (Wildman–Crippen LogP) is 3.92. The van der Waals surface area contributed by atoms with Crippen LogP contribution in [0.3, 0.4) is 0 Å². The standard InChI is InChI=1S/C15H17IO3/c1-2-18-13-7-3-11(4-8-13)15(17)19-14-9-5-12(16)6-10-14/h2,5-6,9-11,13H,1,3-4,7-8H2/t11-,13-. The van der Waals surface area contributed by atoms with Crippen LogP contribution in [-0.4, -0.2) is 12.1 Å². The molecule has 2 rings (SSSR count). The molecule has 1 fully saturated rings. The summed E-state index contributed by atoms with van der Waals surface area (Å²) in [4.78, 5) is 12.0. The SMILES string of the molecule is C=CO[C@H]1CC[C@H](C(=O)Oc2ccc(I)cc2)CC1. The van der Waals surface area contributed by atoms with E-state index in [0.29, 0.717) is 5.75 Å². The zero-order valence-corrected chi connectivity index (χ0v) is 12.8. The summed E-state index contributed by atoms with van der Waals surface area (Å²) in [7, 11) is 0. The molecule has 0 saturated heterocycles. The molecule has 102 valence electrons. The summed E-state index contributed by atoms with van der Waals surface area (Å²) in [6.45, 7) is 3.56. The van der Waals surface area contributed by atoms with Crippen LogP contribution in [0.1, 0.15) is 25.7 Å². The molecule has 4 heteroatoms. The van der Waals surface area contributed by atoms with Gasteiger partial charge < -0.3 is 9.47 Å². The molecule has 3 nitrogen and oxygen atoms in total. The van der Waals surface area contributed by atoms with Gasteiger partial charge in [0.05, 0.1) is 18.3 Å². The third kappa shape index (κ3) is 4.23. The number of hydrogen-bond donors (Lipinski definition) is 0. The lowest BCUT2D eigenvalue weighted by molar-refractivity contribution is -0.140. The Kier molecular flexibility index (Phi) is 5.24. The van der Waals surface area contributed by atoms with Crippen LogP contribution in [0.15, 0.2) is 37.1 Å². The van der Waals surface area contributed by atoms with E-state index in [9.17, 15) is 4.79 Å². The Morgan fingerprint density at radius 1 is 1.21 bits per heavy atom. The quantitative estimate of drug-likeness (QED) is 0.348. The second kappa shape index (κ2) is 6.93. The number of ether oxygens (including phenoxy) is 2. The largest absolute Gasteiger partial charge is 0.499 e. The first-order valence-corrected chi connectivity index (χ1v) is 7.50. The van der Waals surface area contributed by atoms with Gasteiger partial charge in [0.25, 0.3) is 0 Å². The summed E-state index contributed by atoms with van der Waals surface area (Å²) in [5.41, 5.74) is 0. The van der Waals surface area contributed by atoms with Crippen LogP contribution < -0.4 is 4.74 Å². The number of rotatable bonds is 4. The van der Waals surface area contributed by atoms with Crippen molar-refractivity contribution in [3.05, 3.63) is 40.7 Å². The van der Waals surface area contributed by atoms with Crippen LogP contribution in [0.25, 0.3) is 0 Å². The number of carbonyl (C=O) groups is 1. The summed E-state index contributed by atoms with van der Waals surface area (Å²) in [6.07, 6.45) is 5.11. The van der Waals surface area contributed by atoms with Gasteiger partial charge in [-0.1, -0.05) is 6.58 Å². The van der Waals surface area contributed by atoms with E-state index in [4.69, 9.17) is 9.47 Å². The van der Waals surface area contributed by atoms with Crippen LogP contribution in [0, 0.1) is 9.49 Å². The van der Waals surface area contributed by atoms with Crippen LogP contribution in [0.5, 0.6) is 5.75 Å². The molecular weight excluding hydrogens is 355 g/mol. The Bertz CT molecular complexity index is 433. The fraction of sp³-hybridized carbons (Fsp3) is 0.400. The van der Waals surface area contributed by atoms with Crippen molar-refractivity contribution in [2.24, 2.45) is 5.92 Å². The molecular formula is C15H17IO3. The average molecular weight is 372 g/mol. The van der Waals surface area contributed by atoms with E-state index < -0.39 is 0 Å². The highest BCUT2D eigenvalue weighted by Gasteiger charge is 2.28. The molecule has 19 heavy (non-hydrogen) atoms. The summed E-state index contributed by atoms with van der Waals surface area (Å²) in [6, 6.07) is 7.51. The lowest BCUT2D eigenvalue weighted by atomic mass is 9.87. The van der Waals surface area contributed by atoms with Crippen molar-refractivity contribution in [1.29, 1.82) is 0 Å². The fourth-order valence-electron chi connectivity index (χ4n) is 2.27. The van der Waals surface area contributed by atoms with Gasteiger partial charge in [-0.3, -0.25) is 4.79 Å². The number of hydrogen-bond acceptors (Lipinski definition) is 3. The number of carbonyl (C=O) groups excluding carboxylic acids is 1. The van der Waals surface area contributed by atoms with Crippen LogP contribution in [-0.2, 0) is 9.53 Å². The smallest absolute Gasteiger partial charge is 0.314 e. The second-order valence-electron chi connectivity index (χ2n) is 4.65. The van der Waals surface area contributed by atoms with E-state index in [2.05, 4.69) is 29.2 Å². The minimum absolute atomic E-state index is 0.0102. The van der Waals surface area contributed by atoms with Gasteiger partial charge in [-0.25, -0.2) is 0 Å².